The molecule has 0 rings (SSSR count). The van der Waals surface area contributed by atoms with Crippen LogP contribution < -0.4 is 0 Å². The zero-order chi connectivity index (χ0) is 14.9. The maximum absolute atomic E-state index is 10.8. The first-order valence-electron chi connectivity index (χ1n) is 7.81. The van der Waals surface area contributed by atoms with Gasteiger partial charge in [-0.1, -0.05) is 60.3 Å². The topological polar surface area (TPSA) is 37.3 Å². The van der Waals surface area contributed by atoms with E-state index < -0.39 is 0 Å². The van der Waals surface area contributed by atoms with E-state index in [1.165, 1.54) is 12.8 Å². The van der Waals surface area contributed by atoms with Crippen LogP contribution in [-0.4, -0.2) is 17.5 Å². The van der Waals surface area contributed by atoms with Gasteiger partial charge in [0.25, 0.3) is 0 Å². The molecule has 0 aromatic heterocycles. The van der Waals surface area contributed by atoms with Crippen molar-refractivity contribution in [2.45, 2.75) is 92.1 Å². The molecule has 0 heterocycles. The first kappa shape index (κ1) is 18.6. The van der Waals surface area contributed by atoms with Gasteiger partial charge in [0.2, 0.25) is 0 Å². The van der Waals surface area contributed by atoms with Crippen LogP contribution in [0.4, 0.5) is 0 Å². The van der Waals surface area contributed by atoms with Crippen molar-refractivity contribution in [3.63, 3.8) is 0 Å². The Morgan fingerprint density at radius 1 is 0.895 bits per heavy atom. The fraction of sp³-hybridized carbons (Fsp3) is 0.941. The van der Waals surface area contributed by atoms with Gasteiger partial charge in [0.05, 0.1) is 6.10 Å². The molecule has 0 radical (unpaired) electrons. The van der Waals surface area contributed by atoms with Crippen LogP contribution in [-0.2, 0) is 4.79 Å². The molecule has 0 fully saturated rings. The van der Waals surface area contributed by atoms with E-state index in [4.69, 9.17) is 0 Å². The van der Waals surface area contributed by atoms with Crippen molar-refractivity contribution in [3.05, 3.63) is 0 Å². The molecule has 0 saturated heterocycles. The third kappa shape index (κ3) is 12.4. The van der Waals surface area contributed by atoms with Crippen molar-refractivity contribution in [2.75, 3.05) is 0 Å². The SMILES string of the molecule is CC(C)(C)CCCCC(O)CCCCC(C)(C)C=O. The van der Waals surface area contributed by atoms with Crippen molar-refractivity contribution in [2.24, 2.45) is 10.8 Å². The van der Waals surface area contributed by atoms with E-state index in [9.17, 15) is 9.90 Å². The molecule has 1 unspecified atom stereocenters. The summed E-state index contributed by atoms with van der Waals surface area (Å²) < 4.78 is 0. The number of hydrogen-bond acceptors (Lipinski definition) is 2. The molecule has 0 aliphatic rings. The highest BCUT2D eigenvalue weighted by Crippen LogP contribution is 2.24. The van der Waals surface area contributed by atoms with Crippen LogP contribution in [0.5, 0.6) is 0 Å². The molecule has 2 heteroatoms. The van der Waals surface area contributed by atoms with Gasteiger partial charge in [-0.15, -0.1) is 0 Å². The molecule has 0 spiro atoms. The number of aliphatic hydroxyl groups excluding tert-OH is 1. The standard InChI is InChI=1S/C17H34O2/c1-16(2,3)12-8-6-10-15(19)11-7-9-13-17(4,5)14-18/h14-15,19H,6-13H2,1-5H3. The molecule has 19 heavy (non-hydrogen) atoms. The van der Waals surface area contributed by atoms with Gasteiger partial charge in [-0.25, -0.2) is 0 Å². The molecule has 0 bridgehead atoms. The van der Waals surface area contributed by atoms with Gasteiger partial charge >= 0.3 is 0 Å². The fourth-order valence-electron chi connectivity index (χ4n) is 2.20. The van der Waals surface area contributed by atoms with Crippen molar-refractivity contribution < 1.29 is 9.90 Å². The van der Waals surface area contributed by atoms with Crippen LogP contribution >= 0.6 is 0 Å². The van der Waals surface area contributed by atoms with Crippen LogP contribution in [0.2, 0.25) is 0 Å². The van der Waals surface area contributed by atoms with Crippen molar-refractivity contribution in [1.82, 2.24) is 0 Å². The van der Waals surface area contributed by atoms with E-state index in [1.807, 2.05) is 13.8 Å². The van der Waals surface area contributed by atoms with Crippen LogP contribution in [0.3, 0.4) is 0 Å². The highest BCUT2D eigenvalue weighted by molar-refractivity contribution is 5.57. The van der Waals surface area contributed by atoms with Gasteiger partial charge < -0.3 is 9.90 Å². The molecule has 1 N–H and O–H groups in total. The maximum atomic E-state index is 10.8. The maximum Gasteiger partial charge on any atom is 0.125 e. The Morgan fingerprint density at radius 2 is 1.37 bits per heavy atom. The lowest BCUT2D eigenvalue weighted by molar-refractivity contribution is -0.115. The van der Waals surface area contributed by atoms with E-state index in [0.717, 1.165) is 44.8 Å². The van der Waals surface area contributed by atoms with E-state index in [0.29, 0.717) is 5.41 Å². The zero-order valence-electron chi connectivity index (χ0n) is 13.7. The normalized spacial score (nSPS) is 14.4. The summed E-state index contributed by atoms with van der Waals surface area (Å²) in [5, 5.41) is 9.90. The Labute approximate surface area is 120 Å². The average Bonchev–Trinajstić information content (AvgIpc) is 2.29. The van der Waals surface area contributed by atoms with Crippen LogP contribution in [0.1, 0.15) is 86.0 Å². The van der Waals surface area contributed by atoms with Gasteiger partial charge in [-0.3, -0.25) is 0 Å². The molecule has 0 amide bonds. The Morgan fingerprint density at radius 3 is 1.79 bits per heavy atom. The quantitative estimate of drug-likeness (QED) is 0.460. The summed E-state index contributed by atoms with van der Waals surface area (Å²) in [4.78, 5) is 10.8. The largest absolute Gasteiger partial charge is 0.393 e. The molecular weight excluding hydrogens is 236 g/mol. The molecule has 0 saturated carbocycles. The summed E-state index contributed by atoms with van der Waals surface area (Å²) in [6, 6.07) is 0. The summed E-state index contributed by atoms with van der Waals surface area (Å²) in [7, 11) is 0. The Bertz CT molecular complexity index is 238. The summed E-state index contributed by atoms with van der Waals surface area (Å²) >= 11 is 0. The van der Waals surface area contributed by atoms with Gasteiger partial charge in [-0.2, -0.15) is 0 Å². The molecule has 2 nitrogen and oxygen atoms in total. The average molecular weight is 270 g/mol. The first-order valence-corrected chi connectivity index (χ1v) is 7.81. The second-order valence-corrected chi connectivity index (χ2v) is 7.81. The summed E-state index contributed by atoms with van der Waals surface area (Å²) in [5.41, 5.74) is 0.211. The van der Waals surface area contributed by atoms with Gasteiger partial charge in [-0.05, 0) is 31.1 Å². The van der Waals surface area contributed by atoms with Crippen molar-refractivity contribution >= 4 is 6.29 Å². The van der Waals surface area contributed by atoms with E-state index in [-0.39, 0.29) is 11.5 Å². The predicted molar refractivity (Wildman–Crippen MR) is 82.2 cm³/mol. The molecule has 0 aromatic rings. The third-order valence-electron chi connectivity index (χ3n) is 3.64. The number of aldehydes is 1. The lowest BCUT2D eigenvalue weighted by atomic mass is 9.88. The third-order valence-corrected chi connectivity index (χ3v) is 3.64. The predicted octanol–water partition coefficient (Wildman–Crippen LogP) is 4.74. The molecule has 0 aliphatic carbocycles. The Hall–Kier alpha value is -0.370. The van der Waals surface area contributed by atoms with Crippen molar-refractivity contribution in [1.29, 1.82) is 0 Å². The minimum atomic E-state index is -0.197. The molecular formula is C17H34O2. The Kier molecular flexibility index (Phi) is 8.56. The summed E-state index contributed by atoms with van der Waals surface area (Å²) in [6.07, 6.45) is 9.23. The van der Waals surface area contributed by atoms with Crippen LogP contribution in [0.25, 0.3) is 0 Å². The molecule has 0 aliphatic heterocycles. The second kappa shape index (κ2) is 8.73. The highest BCUT2D eigenvalue weighted by Gasteiger charge is 2.16. The van der Waals surface area contributed by atoms with E-state index in [1.54, 1.807) is 0 Å². The summed E-state index contributed by atoms with van der Waals surface area (Å²) in [6.45, 7) is 10.7. The summed E-state index contributed by atoms with van der Waals surface area (Å²) in [5.74, 6) is 0. The fourth-order valence-corrected chi connectivity index (χ4v) is 2.20. The highest BCUT2D eigenvalue weighted by atomic mass is 16.3. The van der Waals surface area contributed by atoms with E-state index >= 15 is 0 Å². The second-order valence-electron chi connectivity index (χ2n) is 7.81. The first-order chi connectivity index (χ1) is 8.66. The monoisotopic (exact) mass is 270 g/mol. The minimum Gasteiger partial charge on any atom is -0.393 e. The van der Waals surface area contributed by atoms with Crippen molar-refractivity contribution in [3.8, 4) is 0 Å². The van der Waals surface area contributed by atoms with Gasteiger partial charge in [0.15, 0.2) is 0 Å². The number of hydrogen-bond donors (Lipinski definition) is 1. The van der Waals surface area contributed by atoms with Gasteiger partial charge in [0, 0.05) is 5.41 Å². The lowest BCUT2D eigenvalue weighted by Crippen LogP contribution is -2.13. The number of carbonyl (C=O) groups is 1. The number of rotatable bonds is 10. The zero-order valence-corrected chi connectivity index (χ0v) is 13.7. The molecule has 0 aromatic carbocycles. The Balaban J connectivity index is 3.50. The number of carbonyl (C=O) groups excluding carboxylic acids is 1. The molecule has 1 atom stereocenters. The van der Waals surface area contributed by atoms with E-state index in [2.05, 4.69) is 20.8 Å². The number of aliphatic hydroxyl groups is 1. The smallest absolute Gasteiger partial charge is 0.125 e. The number of unbranched alkanes of at least 4 members (excludes halogenated alkanes) is 2. The minimum absolute atomic E-state index is 0.153. The van der Waals surface area contributed by atoms with Gasteiger partial charge in [0.1, 0.15) is 6.29 Å². The van der Waals surface area contributed by atoms with Crippen LogP contribution in [0, 0.1) is 10.8 Å². The molecule has 114 valence electrons. The van der Waals surface area contributed by atoms with Crippen LogP contribution in [0.15, 0.2) is 0 Å². The lowest BCUT2D eigenvalue weighted by Gasteiger charge is -2.19.